The van der Waals surface area contributed by atoms with Crippen molar-refractivity contribution in [2.45, 2.75) is 16.8 Å². The van der Waals surface area contributed by atoms with Crippen molar-refractivity contribution in [3.05, 3.63) is 53.7 Å². The summed E-state index contributed by atoms with van der Waals surface area (Å²) in [5.74, 6) is 0.0493. The average Bonchev–Trinajstić information content (AvgIpc) is 2.29. The molecule has 0 aliphatic carbocycles. The van der Waals surface area contributed by atoms with Gasteiger partial charge in [0.15, 0.2) is 0 Å². The van der Waals surface area contributed by atoms with E-state index in [-0.39, 0.29) is 5.84 Å². The van der Waals surface area contributed by atoms with Crippen molar-refractivity contribution in [3.8, 4) is 0 Å². The predicted molar refractivity (Wildman–Crippen MR) is 70.6 cm³/mol. The second kappa shape index (κ2) is 5.01. The van der Waals surface area contributed by atoms with E-state index < -0.39 is 0 Å². The van der Waals surface area contributed by atoms with Crippen LogP contribution in [0.4, 0.5) is 0 Å². The molecule has 1 aromatic carbocycles. The van der Waals surface area contributed by atoms with Crippen molar-refractivity contribution in [1.82, 2.24) is 4.98 Å². The van der Waals surface area contributed by atoms with Crippen molar-refractivity contribution in [1.29, 1.82) is 5.41 Å². The standard InChI is InChI=1S/C13H13N3S/c1-9-4-2-5-10(8-9)17-13-11(12(14)15)6-3-7-16-13/h2-8H,1H3,(H3,14,15). The van der Waals surface area contributed by atoms with Crippen molar-refractivity contribution >= 4 is 17.6 Å². The first kappa shape index (κ1) is 11.7. The first-order chi connectivity index (χ1) is 8.16. The van der Waals surface area contributed by atoms with Crippen molar-refractivity contribution in [3.63, 3.8) is 0 Å². The molecule has 0 fully saturated rings. The number of aryl methyl sites for hydroxylation is 1. The fraction of sp³-hybridized carbons (Fsp3) is 0.0769. The lowest BCUT2D eigenvalue weighted by Crippen LogP contribution is -2.12. The summed E-state index contributed by atoms with van der Waals surface area (Å²) in [6, 6.07) is 11.8. The van der Waals surface area contributed by atoms with Gasteiger partial charge < -0.3 is 5.73 Å². The Kier molecular flexibility index (Phi) is 3.44. The second-order valence-electron chi connectivity index (χ2n) is 3.69. The lowest BCUT2D eigenvalue weighted by Gasteiger charge is -2.06. The molecule has 0 bridgehead atoms. The molecule has 0 atom stereocenters. The third-order valence-corrected chi connectivity index (χ3v) is 3.27. The van der Waals surface area contributed by atoms with Crippen LogP contribution < -0.4 is 5.73 Å². The zero-order valence-corrected chi connectivity index (χ0v) is 10.3. The number of nitrogens with zero attached hydrogens (tertiary/aromatic N) is 1. The zero-order valence-electron chi connectivity index (χ0n) is 9.47. The van der Waals surface area contributed by atoms with Crippen molar-refractivity contribution in [2.24, 2.45) is 5.73 Å². The first-order valence-corrected chi connectivity index (χ1v) is 6.02. The van der Waals surface area contributed by atoms with E-state index >= 15 is 0 Å². The zero-order chi connectivity index (χ0) is 12.3. The Morgan fingerprint density at radius 1 is 1.29 bits per heavy atom. The van der Waals surface area contributed by atoms with Crippen molar-refractivity contribution in [2.75, 3.05) is 0 Å². The maximum absolute atomic E-state index is 7.51. The normalized spacial score (nSPS) is 10.2. The van der Waals surface area contributed by atoms with Gasteiger partial charge in [-0.05, 0) is 31.2 Å². The van der Waals surface area contributed by atoms with Gasteiger partial charge in [-0.15, -0.1) is 0 Å². The molecule has 0 saturated heterocycles. The van der Waals surface area contributed by atoms with Crippen LogP contribution in [0.1, 0.15) is 11.1 Å². The number of hydrogen-bond acceptors (Lipinski definition) is 3. The van der Waals surface area contributed by atoms with Gasteiger partial charge in [0, 0.05) is 16.7 Å². The third-order valence-electron chi connectivity index (χ3n) is 2.27. The van der Waals surface area contributed by atoms with Gasteiger partial charge in [-0.1, -0.05) is 29.5 Å². The molecule has 0 amide bonds. The smallest absolute Gasteiger partial charge is 0.125 e. The van der Waals surface area contributed by atoms with Crippen LogP contribution in [0.2, 0.25) is 0 Å². The lowest BCUT2D eigenvalue weighted by molar-refractivity contribution is 1.11. The Hall–Kier alpha value is -1.81. The number of nitrogens with one attached hydrogen (secondary N) is 1. The molecule has 1 aromatic heterocycles. The number of rotatable bonds is 3. The largest absolute Gasteiger partial charge is 0.384 e. The summed E-state index contributed by atoms with van der Waals surface area (Å²) in [7, 11) is 0. The quantitative estimate of drug-likeness (QED) is 0.643. The van der Waals surface area contributed by atoms with Gasteiger partial charge in [0.1, 0.15) is 10.9 Å². The Balaban J connectivity index is 2.33. The van der Waals surface area contributed by atoms with E-state index in [0.29, 0.717) is 5.56 Å². The summed E-state index contributed by atoms with van der Waals surface area (Å²) in [6.45, 7) is 2.05. The number of benzene rings is 1. The molecule has 3 nitrogen and oxygen atoms in total. The van der Waals surface area contributed by atoms with Gasteiger partial charge in [-0.25, -0.2) is 4.98 Å². The summed E-state index contributed by atoms with van der Waals surface area (Å²) < 4.78 is 0. The molecule has 0 aliphatic heterocycles. The van der Waals surface area contributed by atoms with E-state index in [0.717, 1.165) is 9.92 Å². The van der Waals surface area contributed by atoms with Gasteiger partial charge in [0.2, 0.25) is 0 Å². The minimum absolute atomic E-state index is 0.0493. The monoisotopic (exact) mass is 243 g/mol. The van der Waals surface area contributed by atoms with Crippen LogP contribution in [0.3, 0.4) is 0 Å². The molecular formula is C13H13N3S. The minimum atomic E-state index is 0.0493. The van der Waals surface area contributed by atoms with E-state index in [1.54, 1.807) is 12.3 Å². The Morgan fingerprint density at radius 3 is 2.82 bits per heavy atom. The van der Waals surface area contributed by atoms with Gasteiger partial charge in [0.05, 0.1) is 0 Å². The molecule has 1 heterocycles. The molecule has 4 heteroatoms. The van der Waals surface area contributed by atoms with Crippen LogP contribution in [0, 0.1) is 12.3 Å². The van der Waals surface area contributed by atoms with Crippen LogP contribution in [0.15, 0.2) is 52.5 Å². The van der Waals surface area contributed by atoms with E-state index in [2.05, 4.69) is 11.1 Å². The van der Waals surface area contributed by atoms with E-state index in [1.807, 2.05) is 31.2 Å². The van der Waals surface area contributed by atoms with E-state index in [4.69, 9.17) is 11.1 Å². The highest BCUT2D eigenvalue weighted by atomic mass is 32.2. The van der Waals surface area contributed by atoms with Crippen LogP contribution in [0.25, 0.3) is 0 Å². The average molecular weight is 243 g/mol. The van der Waals surface area contributed by atoms with Gasteiger partial charge in [0.25, 0.3) is 0 Å². The topological polar surface area (TPSA) is 62.8 Å². The summed E-state index contributed by atoms with van der Waals surface area (Å²) in [4.78, 5) is 5.37. The van der Waals surface area contributed by atoms with Crippen LogP contribution in [-0.2, 0) is 0 Å². The molecule has 0 unspecified atom stereocenters. The second-order valence-corrected chi connectivity index (χ2v) is 4.75. The SMILES string of the molecule is Cc1cccc(Sc2ncccc2C(=N)N)c1. The molecule has 3 N–H and O–H groups in total. The highest BCUT2D eigenvalue weighted by molar-refractivity contribution is 7.99. The van der Waals surface area contributed by atoms with Crippen LogP contribution in [-0.4, -0.2) is 10.8 Å². The number of hydrogen-bond donors (Lipinski definition) is 2. The molecule has 2 rings (SSSR count). The predicted octanol–water partition coefficient (Wildman–Crippen LogP) is 2.83. The molecule has 17 heavy (non-hydrogen) atoms. The summed E-state index contributed by atoms with van der Waals surface area (Å²) in [5, 5.41) is 8.28. The molecule has 86 valence electrons. The Morgan fingerprint density at radius 2 is 2.12 bits per heavy atom. The Bertz CT molecular complexity index is 552. The van der Waals surface area contributed by atoms with Gasteiger partial charge in [-0.3, -0.25) is 5.41 Å². The van der Waals surface area contributed by atoms with Crippen molar-refractivity contribution < 1.29 is 0 Å². The number of amidine groups is 1. The number of aromatic nitrogens is 1. The highest BCUT2D eigenvalue weighted by Crippen LogP contribution is 2.28. The lowest BCUT2D eigenvalue weighted by atomic mass is 10.2. The summed E-state index contributed by atoms with van der Waals surface area (Å²) in [5.41, 5.74) is 7.41. The Labute approximate surface area is 105 Å². The molecule has 0 spiro atoms. The third kappa shape index (κ3) is 2.85. The maximum Gasteiger partial charge on any atom is 0.125 e. The van der Waals surface area contributed by atoms with Gasteiger partial charge >= 0.3 is 0 Å². The van der Waals surface area contributed by atoms with Crippen LogP contribution in [0.5, 0.6) is 0 Å². The molecule has 2 aromatic rings. The molecule has 0 radical (unpaired) electrons. The molecule has 0 saturated carbocycles. The minimum Gasteiger partial charge on any atom is -0.384 e. The van der Waals surface area contributed by atoms with Crippen LogP contribution >= 0.6 is 11.8 Å². The molecule has 0 aliphatic rings. The highest BCUT2D eigenvalue weighted by Gasteiger charge is 2.07. The van der Waals surface area contributed by atoms with E-state index in [9.17, 15) is 0 Å². The van der Waals surface area contributed by atoms with Gasteiger partial charge in [-0.2, -0.15) is 0 Å². The van der Waals surface area contributed by atoms with E-state index in [1.165, 1.54) is 17.3 Å². The first-order valence-electron chi connectivity index (χ1n) is 5.21. The fourth-order valence-corrected chi connectivity index (χ4v) is 2.48. The number of nitrogens with two attached hydrogens (primary N) is 1. The number of pyridine rings is 1. The summed E-state index contributed by atoms with van der Waals surface area (Å²) in [6.07, 6.45) is 1.71. The fourth-order valence-electron chi connectivity index (χ4n) is 1.47. The maximum atomic E-state index is 7.51. The molecular weight excluding hydrogens is 230 g/mol. The summed E-state index contributed by atoms with van der Waals surface area (Å²) >= 11 is 1.52. The number of nitrogen functional groups attached to an aromatic ring is 1.